The lowest BCUT2D eigenvalue weighted by Gasteiger charge is -2.16. The van der Waals surface area contributed by atoms with Crippen molar-refractivity contribution in [1.29, 1.82) is 0 Å². The Morgan fingerprint density at radius 3 is 3.00 bits per heavy atom. The van der Waals surface area contributed by atoms with E-state index in [9.17, 15) is 15.2 Å². The summed E-state index contributed by atoms with van der Waals surface area (Å²) in [7, 11) is 0. The van der Waals surface area contributed by atoms with E-state index < -0.39 is 11.0 Å². The van der Waals surface area contributed by atoms with Crippen LogP contribution in [0.25, 0.3) is 0 Å². The first-order valence-electron chi connectivity index (χ1n) is 5.12. The molecule has 16 heavy (non-hydrogen) atoms. The van der Waals surface area contributed by atoms with Crippen molar-refractivity contribution in [3.8, 4) is 0 Å². The summed E-state index contributed by atoms with van der Waals surface area (Å²) in [6.45, 7) is 2.71. The normalized spacial score (nSPS) is 20.1. The van der Waals surface area contributed by atoms with Gasteiger partial charge in [0.05, 0.1) is 11.0 Å². The van der Waals surface area contributed by atoms with E-state index in [-0.39, 0.29) is 5.69 Å². The predicted molar refractivity (Wildman–Crippen MR) is 58.5 cm³/mol. The van der Waals surface area contributed by atoms with E-state index in [2.05, 4.69) is 4.98 Å². The van der Waals surface area contributed by atoms with Crippen molar-refractivity contribution in [1.82, 2.24) is 4.98 Å². The molecule has 1 fully saturated rings. The number of hydrogen-bond donors (Lipinski definition) is 1. The quantitative estimate of drug-likeness (QED) is 0.594. The van der Waals surface area contributed by atoms with Gasteiger partial charge in [0.25, 0.3) is 0 Å². The summed E-state index contributed by atoms with van der Waals surface area (Å²) in [5, 5.41) is 20.4. The molecule has 2 heterocycles. The van der Waals surface area contributed by atoms with E-state index in [1.807, 2.05) is 0 Å². The van der Waals surface area contributed by atoms with Gasteiger partial charge in [-0.15, -0.1) is 0 Å². The molecular weight excluding hydrogens is 210 g/mol. The van der Waals surface area contributed by atoms with E-state index in [1.54, 1.807) is 24.1 Å². The van der Waals surface area contributed by atoms with Gasteiger partial charge in [-0.2, -0.15) is 0 Å². The van der Waals surface area contributed by atoms with Crippen molar-refractivity contribution < 1.29 is 10.0 Å². The van der Waals surface area contributed by atoms with Crippen LogP contribution in [-0.4, -0.2) is 34.2 Å². The molecule has 0 amide bonds. The molecule has 1 atom stereocenters. The number of rotatable bonds is 2. The Labute approximate surface area is 92.7 Å². The van der Waals surface area contributed by atoms with Crippen LogP contribution in [0.3, 0.4) is 0 Å². The summed E-state index contributed by atoms with van der Waals surface area (Å²) >= 11 is 0. The molecule has 0 bridgehead atoms. The minimum absolute atomic E-state index is 0.0385. The van der Waals surface area contributed by atoms with Gasteiger partial charge in [-0.25, -0.2) is 4.98 Å². The molecular formula is C10H13N3O3. The Bertz CT molecular complexity index is 422. The number of aromatic nitrogens is 1. The van der Waals surface area contributed by atoms with Crippen LogP contribution in [-0.2, 0) is 0 Å². The third-order valence-electron chi connectivity index (χ3n) is 2.75. The first kappa shape index (κ1) is 10.8. The molecule has 1 saturated heterocycles. The largest absolute Gasteiger partial charge is 0.391 e. The topological polar surface area (TPSA) is 79.5 Å². The summed E-state index contributed by atoms with van der Waals surface area (Å²) < 4.78 is 0. The van der Waals surface area contributed by atoms with Gasteiger partial charge in [0.1, 0.15) is 0 Å². The molecule has 1 unspecified atom stereocenters. The van der Waals surface area contributed by atoms with Crippen LogP contribution in [0.1, 0.15) is 12.0 Å². The zero-order valence-electron chi connectivity index (χ0n) is 8.96. The number of aliphatic hydroxyl groups excluding tert-OH is 1. The number of aryl methyl sites for hydroxylation is 1. The van der Waals surface area contributed by atoms with Crippen LogP contribution in [0.5, 0.6) is 0 Å². The minimum atomic E-state index is -0.415. The van der Waals surface area contributed by atoms with Crippen molar-refractivity contribution in [2.75, 3.05) is 18.0 Å². The number of nitrogens with zero attached hydrogens (tertiary/aromatic N) is 3. The Balaban J connectivity index is 2.40. The van der Waals surface area contributed by atoms with Crippen LogP contribution in [0, 0.1) is 17.0 Å². The molecule has 0 spiro atoms. The first-order valence-corrected chi connectivity index (χ1v) is 5.12. The number of hydrogen-bond acceptors (Lipinski definition) is 5. The van der Waals surface area contributed by atoms with Gasteiger partial charge in [-0.3, -0.25) is 10.1 Å². The van der Waals surface area contributed by atoms with E-state index in [1.165, 1.54) is 0 Å². The molecule has 0 aromatic carbocycles. The highest BCUT2D eigenvalue weighted by molar-refractivity contribution is 5.61. The SMILES string of the molecule is Cc1ccnc(N2CCC(O)C2)c1[N+](=O)[O-]. The lowest BCUT2D eigenvalue weighted by atomic mass is 10.2. The van der Waals surface area contributed by atoms with Crippen molar-refractivity contribution in [3.05, 3.63) is 27.9 Å². The van der Waals surface area contributed by atoms with Crippen molar-refractivity contribution in [3.63, 3.8) is 0 Å². The first-order chi connectivity index (χ1) is 7.59. The molecule has 1 aromatic rings. The highest BCUT2D eigenvalue weighted by Gasteiger charge is 2.28. The maximum absolute atomic E-state index is 11.0. The van der Waals surface area contributed by atoms with Crippen LogP contribution >= 0.6 is 0 Å². The van der Waals surface area contributed by atoms with Gasteiger partial charge < -0.3 is 10.0 Å². The fourth-order valence-corrected chi connectivity index (χ4v) is 1.93. The summed E-state index contributed by atoms with van der Waals surface area (Å²) in [5.41, 5.74) is 0.632. The molecule has 0 saturated carbocycles. The molecule has 2 rings (SSSR count). The predicted octanol–water partition coefficient (Wildman–Crippen LogP) is 0.869. The standard InChI is InChI=1S/C10H13N3O3/c1-7-2-4-11-10(9(7)13(15)16)12-5-3-8(14)6-12/h2,4,8,14H,3,5-6H2,1H3. The second-order valence-electron chi connectivity index (χ2n) is 3.95. The third-order valence-corrected chi connectivity index (χ3v) is 2.75. The summed E-state index contributed by atoms with van der Waals surface area (Å²) in [6.07, 6.45) is 1.77. The van der Waals surface area contributed by atoms with Gasteiger partial charge in [0.2, 0.25) is 5.82 Å². The van der Waals surface area contributed by atoms with E-state index >= 15 is 0 Å². The van der Waals surface area contributed by atoms with Gasteiger partial charge in [0, 0.05) is 24.8 Å². The van der Waals surface area contributed by atoms with Crippen molar-refractivity contribution >= 4 is 11.5 Å². The maximum Gasteiger partial charge on any atom is 0.314 e. The zero-order chi connectivity index (χ0) is 11.7. The molecule has 1 aromatic heterocycles. The van der Waals surface area contributed by atoms with E-state index in [0.29, 0.717) is 30.9 Å². The molecule has 0 aliphatic carbocycles. The maximum atomic E-state index is 11.0. The lowest BCUT2D eigenvalue weighted by Crippen LogP contribution is -2.23. The summed E-state index contributed by atoms with van der Waals surface area (Å²) in [5.74, 6) is 0.363. The number of anilines is 1. The highest BCUT2D eigenvalue weighted by atomic mass is 16.6. The van der Waals surface area contributed by atoms with Crippen LogP contribution in [0.2, 0.25) is 0 Å². The van der Waals surface area contributed by atoms with E-state index in [4.69, 9.17) is 0 Å². The van der Waals surface area contributed by atoms with E-state index in [0.717, 1.165) is 0 Å². The number of pyridine rings is 1. The second kappa shape index (κ2) is 4.05. The molecule has 1 N–H and O–H groups in total. The number of β-amino-alcohol motifs (C(OH)–C–C–N with tert-alkyl or cyclic N) is 1. The highest BCUT2D eigenvalue weighted by Crippen LogP contribution is 2.30. The molecule has 0 radical (unpaired) electrons. The van der Waals surface area contributed by atoms with Gasteiger partial charge in [-0.05, 0) is 19.4 Å². The van der Waals surface area contributed by atoms with Crippen LogP contribution in [0.15, 0.2) is 12.3 Å². The Morgan fingerprint density at radius 1 is 1.69 bits per heavy atom. The Morgan fingerprint density at radius 2 is 2.44 bits per heavy atom. The van der Waals surface area contributed by atoms with Gasteiger partial charge in [-0.1, -0.05) is 0 Å². The minimum Gasteiger partial charge on any atom is -0.391 e. The summed E-state index contributed by atoms with van der Waals surface area (Å²) in [6, 6.07) is 1.62. The lowest BCUT2D eigenvalue weighted by molar-refractivity contribution is -0.384. The van der Waals surface area contributed by atoms with Crippen LogP contribution < -0.4 is 4.90 Å². The van der Waals surface area contributed by atoms with Crippen molar-refractivity contribution in [2.45, 2.75) is 19.4 Å². The van der Waals surface area contributed by atoms with Gasteiger partial charge in [0.15, 0.2) is 0 Å². The summed E-state index contributed by atoms with van der Waals surface area (Å²) in [4.78, 5) is 16.4. The van der Waals surface area contributed by atoms with Crippen molar-refractivity contribution in [2.24, 2.45) is 0 Å². The smallest absolute Gasteiger partial charge is 0.314 e. The average Bonchev–Trinajstić information content (AvgIpc) is 2.63. The third kappa shape index (κ3) is 1.83. The average molecular weight is 223 g/mol. The van der Waals surface area contributed by atoms with Crippen LogP contribution in [0.4, 0.5) is 11.5 Å². The monoisotopic (exact) mass is 223 g/mol. The zero-order valence-corrected chi connectivity index (χ0v) is 8.96. The Hall–Kier alpha value is -1.69. The fourth-order valence-electron chi connectivity index (χ4n) is 1.93. The number of nitro groups is 1. The number of aliphatic hydroxyl groups is 1. The fraction of sp³-hybridized carbons (Fsp3) is 0.500. The molecule has 6 nitrogen and oxygen atoms in total. The van der Waals surface area contributed by atoms with Gasteiger partial charge >= 0.3 is 5.69 Å². The Kier molecular flexibility index (Phi) is 2.74. The molecule has 6 heteroatoms. The molecule has 1 aliphatic rings. The second-order valence-corrected chi connectivity index (χ2v) is 3.95. The molecule has 86 valence electrons. The molecule has 1 aliphatic heterocycles.